The largest absolute Gasteiger partial charge is 0.481 e. The van der Waals surface area contributed by atoms with Crippen LogP contribution in [-0.4, -0.2) is 146 Å². The molecule has 0 radical (unpaired) electrons. The first-order valence-corrected chi connectivity index (χ1v) is 24.5. The molecule has 0 aromatic heterocycles. The number of rotatable bonds is 37. The Bertz CT molecular complexity index is 1990. The molecule has 0 saturated heterocycles. The van der Waals surface area contributed by atoms with Crippen LogP contribution in [-0.2, 0) is 57.7 Å². The molecule has 23 heteroatoms. The van der Waals surface area contributed by atoms with Gasteiger partial charge >= 0.3 is 17.9 Å². The highest BCUT2D eigenvalue weighted by atomic mass is 32.2. The second kappa shape index (κ2) is 34.5. The van der Waals surface area contributed by atoms with Crippen molar-refractivity contribution in [3.63, 3.8) is 0 Å². The lowest BCUT2D eigenvalue weighted by atomic mass is 9.95. The first kappa shape index (κ1) is 60.2. The van der Waals surface area contributed by atoms with E-state index in [4.69, 9.17) is 9.47 Å². The van der Waals surface area contributed by atoms with Gasteiger partial charge in [0.1, 0.15) is 48.3 Å². The lowest BCUT2D eigenvalue weighted by Crippen LogP contribution is -2.42. The van der Waals surface area contributed by atoms with Crippen LogP contribution in [0.4, 0.5) is 0 Å². The van der Waals surface area contributed by atoms with E-state index in [2.05, 4.69) is 31.4 Å². The van der Waals surface area contributed by atoms with E-state index in [0.29, 0.717) is 57.6 Å². The van der Waals surface area contributed by atoms with Gasteiger partial charge in [-0.05, 0) is 82.1 Å². The molecular formula is C45H68N6O16S. The van der Waals surface area contributed by atoms with E-state index < -0.39 is 87.1 Å². The number of sulfone groups is 1. The number of benzene rings is 1. The summed E-state index contributed by atoms with van der Waals surface area (Å²) < 4.78 is 34.8. The number of hydrogen-bond donors (Lipinski definition) is 6. The number of carbonyl (C=O) groups is 9. The fourth-order valence-corrected chi connectivity index (χ4v) is 7.61. The Balaban J connectivity index is 0.000000710. The summed E-state index contributed by atoms with van der Waals surface area (Å²) >= 11 is 0. The molecule has 0 aliphatic carbocycles. The molecule has 1 aliphatic heterocycles. The summed E-state index contributed by atoms with van der Waals surface area (Å²) in [4.78, 5) is 106. The summed E-state index contributed by atoms with van der Waals surface area (Å²) in [6.07, 6.45) is 2.21. The molecule has 0 saturated carbocycles. The van der Waals surface area contributed by atoms with Crippen molar-refractivity contribution in [3.8, 4) is 0 Å². The first-order chi connectivity index (χ1) is 32.3. The molecule has 3 atom stereocenters. The predicted octanol–water partition coefficient (Wildman–Crippen LogP) is 3.42. The molecular weight excluding hydrogens is 913 g/mol. The van der Waals surface area contributed by atoms with Gasteiger partial charge in [-0.25, -0.2) is 18.0 Å². The van der Waals surface area contributed by atoms with Crippen LogP contribution >= 0.6 is 0 Å². The Morgan fingerprint density at radius 1 is 0.706 bits per heavy atom. The van der Waals surface area contributed by atoms with Crippen LogP contribution < -0.4 is 16.0 Å². The fourth-order valence-electron chi connectivity index (χ4n) is 6.24. The molecule has 1 aromatic carbocycles. The smallest absolute Gasteiger partial charge is 0.326 e. The van der Waals surface area contributed by atoms with Gasteiger partial charge in [-0.15, -0.1) is 5.10 Å². The van der Waals surface area contributed by atoms with E-state index in [1.54, 1.807) is 19.1 Å². The average Bonchev–Trinajstić information content (AvgIpc) is 3.80. The Morgan fingerprint density at radius 2 is 1.35 bits per heavy atom. The number of unbranched alkanes of at least 4 members (excludes halogenated alkanes) is 1. The molecule has 3 amide bonds. The highest BCUT2D eigenvalue weighted by Gasteiger charge is 2.26. The van der Waals surface area contributed by atoms with Crippen molar-refractivity contribution in [2.75, 3.05) is 51.0 Å². The number of nitrogens with zero attached hydrogens (tertiary/aromatic N) is 3. The van der Waals surface area contributed by atoms with E-state index in [9.17, 15) is 66.9 Å². The topological polar surface area (TPSA) is 340 Å². The highest BCUT2D eigenvalue weighted by molar-refractivity contribution is 7.92. The van der Waals surface area contributed by atoms with Gasteiger partial charge in [0.25, 0.3) is 5.91 Å². The minimum Gasteiger partial charge on any atom is -0.481 e. The number of carboxylic acids is 3. The van der Waals surface area contributed by atoms with Crippen molar-refractivity contribution >= 4 is 68.5 Å². The van der Waals surface area contributed by atoms with E-state index >= 15 is 0 Å². The second-order valence-electron chi connectivity index (χ2n) is 16.1. The Hall–Kier alpha value is -5.81. The third kappa shape index (κ3) is 29.1. The highest BCUT2D eigenvalue weighted by Crippen LogP contribution is 2.16. The Kier molecular flexibility index (Phi) is 30.5. The predicted molar refractivity (Wildman–Crippen MR) is 247 cm³/mol. The number of carboxylic acid groups (broad SMARTS) is 3. The molecule has 0 fully saturated rings. The van der Waals surface area contributed by atoms with Crippen molar-refractivity contribution < 1.29 is 76.4 Å². The van der Waals surface area contributed by atoms with Crippen LogP contribution in [0.25, 0.3) is 0 Å². The van der Waals surface area contributed by atoms with Gasteiger partial charge in [0, 0.05) is 57.2 Å². The number of amides is 3. The maximum absolute atomic E-state index is 12.3. The quantitative estimate of drug-likeness (QED) is 0.0520. The van der Waals surface area contributed by atoms with Crippen LogP contribution in [0.1, 0.15) is 126 Å². The molecule has 3 unspecified atom stereocenters. The zero-order chi connectivity index (χ0) is 50.9. The van der Waals surface area contributed by atoms with Crippen molar-refractivity contribution in [2.24, 2.45) is 21.4 Å². The third-order valence-electron chi connectivity index (χ3n) is 10.1. The van der Waals surface area contributed by atoms with Gasteiger partial charge < -0.3 is 40.7 Å². The third-order valence-corrected chi connectivity index (χ3v) is 11.8. The number of hydrogen-bond acceptors (Lipinski definition) is 16. The van der Waals surface area contributed by atoms with Gasteiger partial charge in [-0.3, -0.25) is 33.6 Å². The van der Waals surface area contributed by atoms with Crippen LogP contribution in [0, 0.1) is 12.8 Å². The van der Waals surface area contributed by atoms with Crippen molar-refractivity contribution in [3.05, 3.63) is 35.4 Å². The lowest BCUT2D eigenvalue weighted by Gasteiger charge is -2.15. The normalized spacial score (nSPS) is 13.2. The summed E-state index contributed by atoms with van der Waals surface area (Å²) in [5, 5.41) is 46.3. The molecule has 22 nitrogen and oxygen atoms in total. The van der Waals surface area contributed by atoms with Gasteiger partial charge in [0.2, 0.25) is 11.8 Å². The van der Waals surface area contributed by atoms with Crippen LogP contribution in [0.5, 0.6) is 0 Å². The lowest BCUT2D eigenvalue weighted by molar-refractivity contribution is -0.145. The summed E-state index contributed by atoms with van der Waals surface area (Å²) in [5.74, 6) is -8.42. The fraction of sp³-hybridized carbons (Fsp3) is 0.644. The molecule has 68 heavy (non-hydrogen) atoms. The van der Waals surface area contributed by atoms with Gasteiger partial charge in [0.15, 0.2) is 9.84 Å². The summed E-state index contributed by atoms with van der Waals surface area (Å²) in [6, 6.07) is 5.00. The van der Waals surface area contributed by atoms with Crippen molar-refractivity contribution in [2.45, 2.75) is 129 Å². The number of aryl methyl sites for hydroxylation is 1. The molecule has 1 aliphatic rings. The molecule has 0 bridgehead atoms. The number of Topliss-reactive ketones (excluding diaryl/α,β-unsaturated/α-hetero) is 3. The molecule has 6 N–H and O–H groups in total. The van der Waals surface area contributed by atoms with E-state index in [-0.39, 0.29) is 82.7 Å². The number of carbonyl (C=O) groups excluding carboxylic acids is 6. The van der Waals surface area contributed by atoms with Gasteiger partial charge in [-0.2, -0.15) is 5.11 Å². The number of nitrogens with one attached hydrogen (secondary N) is 3. The monoisotopic (exact) mass is 980 g/mol. The maximum Gasteiger partial charge on any atom is 0.326 e. The minimum absolute atomic E-state index is 0.0201. The van der Waals surface area contributed by atoms with Gasteiger partial charge in [0.05, 0.1) is 30.6 Å². The van der Waals surface area contributed by atoms with Crippen LogP contribution in [0.3, 0.4) is 0 Å². The van der Waals surface area contributed by atoms with Crippen molar-refractivity contribution in [1.82, 2.24) is 16.0 Å². The number of aliphatic carboxylic acids is 3. The zero-order valence-corrected chi connectivity index (χ0v) is 40.0. The van der Waals surface area contributed by atoms with Gasteiger partial charge in [-0.1, -0.05) is 31.5 Å². The van der Waals surface area contributed by atoms with E-state index in [1.807, 2.05) is 26.0 Å². The molecule has 0 spiro atoms. The maximum atomic E-state index is 12.3. The van der Waals surface area contributed by atoms with E-state index in [0.717, 1.165) is 17.7 Å². The van der Waals surface area contributed by atoms with Crippen molar-refractivity contribution in [1.29, 1.82) is 0 Å². The molecule has 2 rings (SSSR count). The Morgan fingerprint density at radius 3 is 1.97 bits per heavy atom. The summed E-state index contributed by atoms with van der Waals surface area (Å²) in [6.45, 7) is 7.52. The molecule has 1 aromatic rings. The van der Waals surface area contributed by atoms with Crippen LogP contribution in [0.15, 0.2) is 39.7 Å². The standard InChI is InChI=1S/C24H36N4O10S.C21H32N2O6/c1-2-18(29)9-10-21(24(35)36)26-22(32)11-8-16(23(33)34)13-19(30)7-4-12-39(37,38)15-20(31)6-3-5-17-14-25-28-27-17;1-3-12-28-13-14-29-15-19(24)23-18(21(26)27)6-4-5-11-22-20(25)17-9-7-16(2)8-10-17/h16,21H,2-15H2,1H3,(H,26,32)(H,33,34)(H,35,36);7-10,18H,3-6,11-15H2,1-2H3,(H,22,25)(H,23,24)(H,26,27). The molecule has 380 valence electrons. The van der Waals surface area contributed by atoms with E-state index in [1.165, 1.54) is 0 Å². The Labute approximate surface area is 396 Å². The summed E-state index contributed by atoms with van der Waals surface area (Å²) in [7, 11) is -3.73. The average molecular weight is 981 g/mol. The number of ether oxygens (including phenoxy) is 2. The SMILES string of the molecule is CCC(=O)CCC(NC(=O)CCC(CC(=O)CCCS(=O)(=O)CC(=O)CCCC1=NN=NC1)C(=O)O)C(=O)O.CCCOCCOCC(=O)NC(CCCCNC(=O)c1ccc(C)cc1)C(=O)O. The number of ketones is 3. The zero-order valence-electron chi connectivity index (χ0n) is 39.2. The van der Waals surface area contributed by atoms with Crippen LogP contribution in [0.2, 0.25) is 0 Å². The molecule has 1 heterocycles. The minimum atomic E-state index is -3.73. The second-order valence-corrected chi connectivity index (χ2v) is 18.3. The summed E-state index contributed by atoms with van der Waals surface area (Å²) in [5.41, 5.74) is 2.40. The first-order valence-electron chi connectivity index (χ1n) is 22.7.